The Morgan fingerprint density at radius 1 is 0.846 bits per heavy atom. The number of hydrogen-bond donors (Lipinski definition) is 1. The Labute approximate surface area is 153 Å². The highest BCUT2D eigenvalue weighted by molar-refractivity contribution is 5.86. The van der Waals surface area contributed by atoms with Crippen LogP contribution in [0.3, 0.4) is 0 Å². The van der Waals surface area contributed by atoms with Crippen LogP contribution in [0.2, 0.25) is 0 Å². The van der Waals surface area contributed by atoms with Gasteiger partial charge in [0, 0.05) is 35.5 Å². The van der Waals surface area contributed by atoms with E-state index in [1.165, 1.54) is 42.3 Å². The van der Waals surface area contributed by atoms with E-state index < -0.39 is 0 Å². The van der Waals surface area contributed by atoms with Crippen LogP contribution in [0.1, 0.15) is 55.2 Å². The van der Waals surface area contributed by atoms with E-state index in [9.17, 15) is 0 Å². The maximum absolute atomic E-state index is 5.11. The van der Waals surface area contributed by atoms with Gasteiger partial charge in [-0.1, -0.05) is 0 Å². The molecule has 0 spiro atoms. The van der Waals surface area contributed by atoms with E-state index in [1.807, 2.05) is 24.5 Å². The molecule has 0 bridgehead atoms. The molecule has 5 nitrogen and oxygen atoms in total. The first-order valence-electron chi connectivity index (χ1n) is 9.67. The monoisotopic (exact) mass is 345 g/mol. The summed E-state index contributed by atoms with van der Waals surface area (Å²) in [4.78, 5) is 18.6. The van der Waals surface area contributed by atoms with Gasteiger partial charge in [0.1, 0.15) is 0 Å². The molecule has 1 saturated heterocycles. The Hall–Kier alpha value is -2.40. The van der Waals surface area contributed by atoms with Crippen molar-refractivity contribution in [1.29, 1.82) is 0 Å². The van der Waals surface area contributed by atoms with Crippen molar-refractivity contribution in [1.82, 2.24) is 25.3 Å². The average molecular weight is 345 g/mol. The van der Waals surface area contributed by atoms with Crippen molar-refractivity contribution in [3.8, 4) is 11.4 Å². The Bertz CT molecular complexity index is 912. The summed E-state index contributed by atoms with van der Waals surface area (Å²) in [5, 5.41) is 4.80. The number of pyridine rings is 2. The van der Waals surface area contributed by atoms with Gasteiger partial charge in [0.2, 0.25) is 0 Å². The van der Waals surface area contributed by atoms with Crippen LogP contribution in [0.5, 0.6) is 0 Å². The Kier molecular flexibility index (Phi) is 4.09. The summed E-state index contributed by atoms with van der Waals surface area (Å²) in [6.45, 7) is 2.17. The van der Waals surface area contributed by atoms with Crippen LogP contribution in [0, 0.1) is 0 Å². The summed E-state index contributed by atoms with van der Waals surface area (Å²) in [6.07, 6.45) is 13.6. The fourth-order valence-electron chi connectivity index (χ4n) is 4.06. The van der Waals surface area contributed by atoms with Gasteiger partial charge in [-0.3, -0.25) is 9.97 Å². The van der Waals surface area contributed by atoms with Gasteiger partial charge in [-0.25, -0.2) is 9.97 Å². The highest BCUT2D eigenvalue weighted by Crippen LogP contribution is 2.44. The molecule has 0 radical (unpaired) electrons. The fraction of sp³-hybridized carbons (Fsp3) is 0.429. The highest BCUT2D eigenvalue weighted by atomic mass is 14.9. The number of aromatic nitrogens is 4. The quantitative estimate of drug-likeness (QED) is 0.782. The summed E-state index contributed by atoms with van der Waals surface area (Å²) in [6, 6.07) is 3.97. The summed E-state index contributed by atoms with van der Waals surface area (Å²) in [5.74, 6) is 1.92. The third-order valence-corrected chi connectivity index (χ3v) is 5.58. The highest BCUT2D eigenvalue weighted by Gasteiger charge is 2.29. The van der Waals surface area contributed by atoms with Gasteiger partial charge in [0.25, 0.3) is 0 Å². The van der Waals surface area contributed by atoms with E-state index in [1.54, 1.807) is 12.4 Å². The molecule has 1 aliphatic heterocycles. The van der Waals surface area contributed by atoms with Crippen LogP contribution in [0.4, 0.5) is 0 Å². The molecule has 3 aromatic rings. The molecule has 3 aromatic heterocycles. The second kappa shape index (κ2) is 6.72. The SMILES string of the molecule is c1cc(-c2nc(C3CCCNCC3)c3c(C4CC4)cncc3n2)ccn1. The molecule has 1 aliphatic carbocycles. The minimum absolute atomic E-state index is 0.482. The second-order valence-corrected chi connectivity index (χ2v) is 7.44. The van der Waals surface area contributed by atoms with E-state index in [0.29, 0.717) is 11.8 Å². The number of nitrogens with one attached hydrogen (secondary N) is 1. The molecule has 2 fully saturated rings. The lowest BCUT2D eigenvalue weighted by Crippen LogP contribution is -2.14. The molecule has 132 valence electrons. The van der Waals surface area contributed by atoms with Gasteiger partial charge in [0.15, 0.2) is 5.82 Å². The topological polar surface area (TPSA) is 63.6 Å². The molecule has 0 amide bonds. The van der Waals surface area contributed by atoms with Crippen molar-refractivity contribution >= 4 is 10.9 Å². The van der Waals surface area contributed by atoms with E-state index in [-0.39, 0.29) is 0 Å². The molecule has 0 aromatic carbocycles. The van der Waals surface area contributed by atoms with Crippen LogP contribution in [0.25, 0.3) is 22.3 Å². The molecule has 1 atom stereocenters. The number of nitrogens with zero attached hydrogens (tertiary/aromatic N) is 4. The molecule has 1 saturated carbocycles. The third kappa shape index (κ3) is 2.97. The first kappa shape index (κ1) is 15.8. The minimum Gasteiger partial charge on any atom is -0.317 e. The maximum Gasteiger partial charge on any atom is 0.160 e. The first-order valence-corrected chi connectivity index (χ1v) is 9.67. The zero-order chi connectivity index (χ0) is 17.3. The summed E-state index contributed by atoms with van der Waals surface area (Å²) < 4.78 is 0. The molecule has 5 heteroatoms. The van der Waals surface area contributed by atoms with Crippen molar-refractivity contribution in [2.75, 3.05) is 13.1 Å². The lowest BCUT2D eigenvalue weighted by atomic mass is 9.91. The summed E-state index contributed by atoms with van der Waals surface area (Å²) in [5.41, 5.74) is 4.60. The summed E-state index contributed by atoms with van der Waals surface area (Å²) >= 11 is 0. The van der Waals surface area contributed by atoms with E-state index in [4.69, 9.17) is 9.97 Å². The zero-order valence-electron chi connectivity index (χ0n) is 14.9. The Balaban J connectivity index is 1.72. The standard InChI is InChI=1S/C21H23N5/c1-2-15(5-9-22-8-1)20-19-17(14-3-4-14)12-24-13-18(19)25-21(26-20)16-6-10-23-11-7-16/h6-7,10-15,22H,1-5,8-9H2. The van der Waals surface area contributed by atoms with Crippen LogP contribution in [0.15, 0.2) is 36.9 Å². The van der Waals surface area contributed by atoms with E-state index in [0.717, 1.165) is 36.4 Å². The lowest BCUT2D eigenvalue weighted by molar-refractivity contribution is 0.597. The lowest BCUT2D eigenvalue weighted by Gasteiger charge is -2.18. The Morgan fingerprint density at radius 2 is 1.73 bits per heavy atom. The van der Waals surface area contributed by atoms with Gasteiger partial charge >= 0.3 is 0 Å². The summed E-state index contributed by atoms with van der Waals surface area (Å²) in [7, 11) is 0. The van der Waals surface area contributed by atoms with Crippen molar-refractivity contribution in [3.05, 3.63) is 48.2 Å². The van der Waals surface area contributed by atoms with Gasteiger partial charge in [-0.05, 0) is 68.8 Å². The first-order chi connectivity index (χ1) is 12.9. The van der Waals surface area contributed by atoms with Crippen molar-refractivity contribution < 1.29 is 0 Å². The normalized spacial score (nSPS) is 20.8. The maximum atomic E-state index is 5.11. The molecule has 1 N–H and O–H groups in total. The van der Waals surface area contributed by atoms with E-state index >= 15 is 0 Å². The van der Waals surface area contributed by atoms with Crippen molar-refractivity contribution in [2.24, 2.45) is 0 Å². The molecule has 5 rings (SSSR count). The largest absolute Gasteiger partial charge is 0.317 e. The smallest absolute Gasteiger partial charge is 0.160 e. The van der Waals surface area contributed by atoms with Gasteiger partial charge in [0.05, 0.1) is 17.4 Å². The second-order valence-electron chi connectivity index (χ2n) is 7.44. The molecular formula is C21H23N5. The van der Waals surface area contributed by atoms with Gasteiger partial charge in [-0.2, -0.15) is 0 Å². The molecular weight excluding hydrogens is 322 g/mol. The zero-order valence-corrected chi connectivity index (χ0v) is 14.9. The van der Waals surface area contributed by atoms with Gasteiger partial charge < -0.3 is 5.32 Å². The van der Waals surface area contributed by atoms with E-state index in [2.05, 4.69) is 15.3 Å². The van der Waals surface area contributed by atoms with Crippen molar-refractivity contribution in [2.45, 2.75) is 43.9 Å². The third-order valence-electron chi connectivity index (χ3n) is 5.58. The average Bonchev–Trinajstić information content (AvgIpc) is 3.54. The molecule has 2 aliphatic rings. The predicted molar refractivity (Wildman–Crippen MR) is 102 cm³/mol. The molecule has 1 unspecified atom stereocenters. The number of rotatable bonds is 3. The fourth-order valence-corrected chi connectivity index (χ4v) is 4.06. The number of fused-ring (bicyclic) bond motifs is 1. The van der Waals surface area contributed by atoms with Crippen LogP contribution in [-0.2, 0) is 0 Å². The van der Waals surface area contributed by atoms with Gasteiger partial charge in [-0.15, -0.1) is 0 Å². The number of hydrogen-bond acceptors (Lipinski definition) is 5. The minimum atomic E-state index is 0.482. The Morgan fingerprint density at radius 3 is 2.58 bits per heavy atom. The van der Waals surface area contributed by atoms with Crippen LogP contribution in [-0.4, -0.2) is 33.0 Å². The van der Waals surface area contributed by atoms with Crippen LogP contribution < -0.4 is 5.32 Å². The van der Waals surface area contributed by atoms with Crippen molar-refractivity contribution in [3.63, 3.8) is 0 Å². The predicted octanol–water partition coefficient (Wildman–Crippen LogP) is 3.82. The molecule has 26 heavy (non-hydrogen) atoms. The molecule has 4 heterocycles. The van der Waals surface area contributed by atoms with Crippen LogP contribution >= 0.6 is 0 Å².